The molecule has 1 atom stereocenters. The quantitative estimate of drug-likeness (QED) is 0.485. The molecule has 2 aromatic carbocycles. The number of carbonyl (C=O) groups is 1. The van der Waals surface area contributed by atoms with Crippen molar-refractivity contribution in [3.8, 4) is 0 Å². The standard InChI is InChI=1S/C21H19N3O3S/c1-28-11-10-17(19-22-15-7-3-4-8-16(15)23-19)24-20(25)14-12-13-6-2-5-9-18(13)27-21(14)26/h2-9,12,17H,10-11H2,1H3,(H,22,23)(H,24,25)/t17-/m1/s1. The molecule has 0 radical (unpaired) electrons. The summed E-state index contributed by atoms with van der Waals surface area (Å²) in [7, 11) is 0. The summed E-state index contributed by atoms with van der Waals surface area (Å²) in [5.41, 5.74) is 1.55. The first kappa shape index (κ1) is 18.3. The van der Waals surface area contributed by atoms with E-state index in [2.05, 4.69) is 15.3 Å². The number of imidazole rings is 1. The Morgan fingerprint density at radius 1 is 1.21 bits per heavy atom. The fourth-order valence-electron chi connectivity index (χ4n) is 3.11. The third kappa shape index (κ3) is 3.66. The Balaban J connectivity index is 1.65. The van der Waals surface area contributed by atoms with E-state index >= 15 is 0 Å². The molecule has 142 valence electrons. The average Bonchev–Trinajstić information content (AvgIpc) is 3.14. The number of para-hydroxylation sites is 3. The Morgan fingerprint density at radius 2 is 2.00 bits per heavy atom. The number of nitrogens with zero attached hydrogens (tertiary/aromatic N) is 1. The highest BCUT2D eigenvalue weighted by atomic mass is 32.2. The number of fused-ring (bicyclic) bond motifs is 2. The highest BCUT2D eigenvalue weighted by molar-refractivity contribution is 7.98. The zero-order chi connectivity index (χ0) is 19.5. The lowest BCUT2D eigenvalue weighted by molar-refractivity contribution is 0.0930. The fourth-order valence-corrected chi connectivity index (χ4v) is 3.58. The molecule has 0 spiro atoms. The Labute approximate surface area is 165 Å². The van der Waals surface area contributed by atoms with Crippen LogP contribution in [0.3, 0.4) is 0 Å². The number of rotatable bonds is 6. The first-order valence-electron chi connectivity index (χ1n) is 8.93. The van der Waals surface area contributed by atoms with E-state index in [1.54, 1.807) is 36.0 Å². The van der Waals surface area contributed by atoms with Crippen molar-refractivity contribution >= 4 is 39.7 Å². The second kappa shape index (κ2) is 7.90. The highest BCUT2D eigenvalue weighted by Crippen LogP contribution is 2.21. The van der Waals surface area contributed by atoms with Gasteiger partial charge in [-0.1, -0.05) is 30.3 Å². The lowest BCUT2D eigenvalue weighted by atomic mass is 10.1. The molecule has 7 heteroatoms. The fraction of sp³-hybridized carbons (Fsp3) is 0.190. The van der Waals surface area contributed by atoms with E-state index in [1.165, 1.54) is 0 Å². The number of thioether (sulfide) groups is 1. The summed E-state index contributed by atoms with van der Waals surface area (Å²) >= 11 is 1.69. The summed E-state index contributed by atoms with van der Waals surface area (Å²) in [6.07, 6.45) is 2.70. The van der Waals surface area contributed by atoms with Crippen LogP contribution in [-0.4, -0.2) is 27.9 Å². The molecule has 0 unspecified atom stereocenters. The number of H-pyrrole nitrogens is 1. The summed E-state index contributed by atoms with van der Waals surface area (Å²) in [5, 5.41) is 3.65. The molecule has 2 aromatic heterocycles. The van der Waals surface area contributed by atoms with Gasteiger partial charge in [-0.15, -0.1) is 0 Å². The van der Waals surface area contributed by atoms with Crippen molar-refractivity contribution in [1.29, 1.82) is 0 Å². The number of hydrogen-bond donors (Lipinski definition) is 2. The summed E-state index contributed by atoms with van der Waals surface area (Å²) in [6, 6.07) is 16.1. The minimum atomic E-state index is -0.649. The molecule has 4 rings (SSSR count). The second-order valence-electron chi connectivity index (χ2n) is 6.43. The molecule has 2 heterocycles. The Kier molecular flexibility index (Phi) is 5.16. The lowest BCUT2D eigenvalue weighted by Gasteiger charge is -2.16. The monoisotopic (exact) mass is 393 g/mol. The maximum Gasteiger partial charge on any atom is 0.349 e. The molecule has 0 aliphatic carbocycles. The molecule has 4 aromatic rings. The van der Waals surface area contributed by atoms with Crippen LogP contribution < -0.4 is 10.9 Å². The zero-order valence-electron chi connectivity index (χ0n) is 15.3. The van der Waals surface area contributed by atoms with Gasteiger partial charge in [-0.05, 0) is 42.7 Å². The minimum Gasteiger partial charge on any atom is -0.422 e. The summed E-state index contributed by atoms with van der Waals surface area (Å²) in [6.45, 7) is 0. The zero-order valence-corrected chi connectivity index (χ0v) is 16.1. The van der Waals surface area contributed by atoms with Gasteiger partial charge in [0.2, 0.25) is 0 Å². The van der Waals surface area contributed by atoms with Crippen LogP contribution in [0.15, 0.2) is 63.8 Å². The van der Waals surface area contributed by atoms with E-state index in [0.717, 1.165) is 16.8 Å². The van der Waals surface area contributed by atoms with Gasteiger partial charge in [-0.3, -0.25) is 4.79 Å². The van der Waals surface area contributed by atoms with Gasteiger partial charge in [0, 0.05) is 5.39 Å². The van der Waals surface area contributed by atoms with E-state index in [1.807, 2.05) is 36.6 Å². The van der Waals surface area contributed by atoms with E-state index in [0.29, 0.717) is 23.2 Å². The van der Waals surface area contributed by atoms with Crippen LogP contribution in [0.25, 0.3) is 22.0 Å². The Bertz CT molecular complexity index is 1170. The molecular weight excluding hydrogens is 374 g/mol. The molecule has 0 aliphatic rings. The number of aromatic nitrogens is 2. The minimum absolute atomic E-state index is 0.0102. The smallest absolute Gasteiger partial charge is 0.349 e. The van der Waals surface area contributed by atoms with Crippen LogP contribution in [0.2, 0.25) is 0 Å². The van der Waals surface area contributed by atoms with Gasteiger partial charge in [-0.2, -0.15) is 11.8 Å². The predicted octanol–water partition coefficient (Wildman–Crippen LogP) is 3.89. The summed E-state index contributed by atoms with van der Waals surface area (Å²) in [4.78, 5) is 33.0. The van der Waals surface area contributed by atoms with Gasteiger partial charge in [0.1, 0.15) is 17.0 Å². The molecule has 0 saturated carbocycles. The van der Waals surface area contributed by atoms with E-state index < -0.39 is 11.5 Å². The number of hydrogen-bond acceptors (Lipinski definition) is 5. The van der Waals surface area contributed by atoms with Gasteiger partial charge in [0.05, 0.1) is 17.1 Å². The van der Waals surface area contributed by atoms with Crippen molar-refractivity contribution < 1.29 is 9.21 Å². The van der Waals surface area contributed by atoms with Gasteiger partial charge in [0.15, 0.2) is 0 Å². The Hall–Kier alpha value is -3.06. The van der Waals surface area contributed by atoms with Gasteiger partial charge in [0.25, 0.3) is 5.91 Å². The van der Waals surface area contributed by atoms with Crippen LogP contribution in [-0.2, 0) is 0 Å². The van der Waals surface area contributed by atoms with Crippen LogP contribution in [0, 0.1) is 0 Å². The van der Waals surface area contributed by atoms with Gasteiger partial charge >= 0.3 is 5.63 Å². The number of aromatic amines is 1. The van der Waals surface area contributed by atoms with Crippen molar-refractivity contribution in [1.82, 2.24) is 15.3 Å². The molecule has 0 bridgehead atoms. The van der Waals surface area contributed by atoms with E-state index in [4.69, 9.17) is 4.42 Å². The van der Waals surface area contributed by atoms with E-state index in [9.17, 15) is 9.59 Å². The molecule has 1 amide bonds. The van der Waals surface area contributed by atoms with Crippen LogP contribution in [0.4, 0.5) is 0 Å². The lowest BCUT2D eigenvalue weighted by Crippen LogP contribution is -2.32. The SMILES string of the molecule is CSCC[C@@H](NC(=O)c1cc2ccccc2oc1=O)c1nc2ccccc2[nH]1. The Morgan fingerprint density at radius 3 is 2.82 bits per heavy atom. The molecule has 2 N–H and O–H groups in total. The molecule has 0 saturated heterocycles. The number of nitrogens with one attached hydrogen (secondary N) is 2. The average molecular weight is 393 g/mol. The third-order valence-corrected chi connectivity index (χ3v) is 5.18. The van der Waals surface area contributed by atoms with Crippen molar-refractivity contribution in [3.63, 3.8) is 0 Å². The molecule has 0 fully saturated rings. The first-order valence-corrected chi connectivity index (χ1v) is 10.3. The normalized spacial score (nSPS) is 12.3. The van der Waals surface area contributed by atoms with Crippen LogP contribution in [0.5, 0.6) is 0 Å². The summed E-state index contributed by atoms with van der Waals surface area (Å²) in [5.74, 6) is 1.05. The number of benzene rings is 2. The second-order valence-corrected chi connectivity index (χ2v) is 7.42. The number of carbonyl (C=O) groups excluding carboxylic acids is 1. The predicted molar refractivity (Wildman–Crippen MR) is 112 cm³/mol. The molecule has 28 heavy (non-hydrogen) atoms. The number of amides is 1. The van der Waals surface area contributed by atoms with Crippen LogP contribution in [0.1, 0.15) is 28.6 Å². The van der Waals surface area contributed by atoms with Crippen molar-refractivity contribution in [2.75, 3.05) is 12.0 Å². The first-order chi connectivity index (χ1) is 13.7. The summed E-state index contributed by atoms with van der Waals surface area (Å²) < 4.78 is 5.29. The third-order valence-electron chi connectivity index (χ3n) is 4.54. The van der Waals surface area contributed by atoms with E-state index in [-0.39, 0.29) is 11.6 Å². The molecular formula is C21H19N3O3S. The highest BCUT2D eigenvalue weighted by Gasteiger charge is 2.21. The molecule has 0 aliphatic heterocycles. The van der Waals surface area contributed by atoms with Crippen molar-refractivity contribution in [3.05, 3.63) is 76.4 Å². The molecule has 6 nitrogen and oxygen atoms in total. The maximum atomic E-state index is 12.9. The van der Waals surface area contributed by atoms with Gasteiger partial charge < -0.3 is 14.7 Å². The topological polar surface area (TPSA) is 88.0 Å². The maximum absolute atomic E-state index is 12.9. The van der Waals surface area contributed by atoms with Crippen molar-refractivity contribution in [2.24, 2.45) is 0 Å². The van der Waals surface area contributed by atoms with Gasteiger partial charge in [-0.25, -0.2) is 9.78 Å². The van der Waals surface area contributed by atoms with Crippen LogP contribution >= 0.6 is 11.8 Å². The largest absolute Gasteiger partial charge is 0.422 e. The van der Waals surface area contributed by atoms with Crippen molar-refractivity contribution in [2.45, 2.75) is 12.5 Å².